The van der Waals surface area contributed by atoms with Gasteiger partial charge in [0.2, 0.25) is 17.7 Å². The highest BCUT2D eigenvalue weighted by molar-refractivity contribution is 7.80. The first-order valence-electron chi connectivity index (χ1n) is 9.14. The molecule has 0 saturated heterocycles. The van der Waals surface area contributed by atoms with E-state index in [-0.39, 0.29) is 24.6 Å². The van der Waals surface area contributed by atoms with Gasteiger partial charge in [0.1, 0.15) is 18.1 Å². The van der Waals surface area contributed by atoms with Gasteiger partial charge < -0.3 is 31.8 Å². The second kappa shape index (κ2) is 12.1. The maximum atomic E-state index is 12.7. The highest BCUT2D eigenvalue weighted by Crippen LogP contribution is 2.08. The van der Waals surface area contributed by atoms with Gasteiger partial charge in [-0.15, -0.1) is 0 Å². The maximum Gasteiger partial charge on any atom is 0.326 e. The molecule has 162 valence electrons. The summed E-state index contributed by atoms with van der Waals surface area (Å²) in [5.74, 6) is -3.38. The Morgan fingerprint density at radius 1 is 1.21 bits per heavy atom. The van der Waals surface area contributed by atoms with Crippen LogP contribution >= 0.6 is 12.6 Å². The summed E-state index contributed by atoms with van der Waals surface area (Å²) < 4.78 is 0. The zero-order valence-corrected chi connectivity index (χ0v) is 17.2. The van der Waals surface area contributed by atoms with Gasteiger partial charge in [0.25, 0.3) is 0 Å². The summed E-state index contributed by atoms with van der Waals surface area (Å²) in [6, 6.07) is -3.19. The number of amides is 3. The summed E-state index contributed by atoms with van der Waals surface area (Å²) in [5, 5.41) is 16.7. The Balaban J connectivity index is 2.86. The SMILES string of the molecule is CCC(C)C(NC(=O)C(CS)NC(=O)C(Cc1cnc[nH]1)NC(=O)CN)C(=O)O. The van der Waals surface area contributed by atoms with E-state index in [0.717, 1.165) is 0 Å². The molecule has 0 spiro atoms. The Morgan fingerprint density at radius 2 is 1.86 bits per heavy atom. The molecule has 0 aliphatic carbocycles. The molecule has 11 nitrogen and oxygen atoms in total. The number of carbonyl (C=O) groups is 4. The highest BCUT2D eigenvalue weighted by Gasteiger charge is 2.31. The third-order valence-corrected chi connectivity index (χ3v) is 4.77. The number of imidazole rings is 1. The Hall–Kier alpha value is -2.60. The summed E-state index contributed by atoms with van der Waals surface area (Å²) in [6.45, 7) is 3.21. The van der Waals surface area contributed by atoms with Crippen LogP contribution < -0.4 is 21.7 Å². The molecule has 1 aromatic heterocycles. The summed E-state index contributed by atoms with van der Waals surface area (Å²) in [7, 11) is 0. The molecule has 1 heterocycles. The average Bonchev–Trinajstić information content (AvgIpc) is 3.21. The van der Waals surface area contributed by atoms with E-state index in [1.54, 1.807) is 6.92 Å². The predicted molar refractivity (Wildman–Crippen MR) is 108 cm³/mol. The van der Waals surface area contributed by atoms with E-state index < -0.39 is 41.8 Å². The van der Waals surface area contributed by atoms with E-state index in [9.17, 15) is 24.3 Å². The molecule has 12 heteroatoms. The van der Waals surface area contributed by atoms with E-state index in [1.165, 1.54) is 12.5 Å². The van der Waals surface area contributed by atoms with Crippen LogP contribution in [0.5, 0.6) is 0 Å². The van der Waals surface area contributed by atoms with Crippen LogP contribution in [0, 0.1) is 5.92 Å². The van der Waals surface area contributed by atoms with Gasteiger partial charge in [0, 0.05) is 24.1 Å². The van der Waals surface area contributed by atoms with Crippen molar-refractivity contribution in [2.75, 3.05) is 12.3 Å². The lowest BCUT2D eigenvalue weighted by molar-refractivity contribution is -0.143. The molecule has 0 fully saturated rings. The Bertz CT molecular complexity index is 698. The molecule has 1 aromatic rings. The van der Waals surface area contributed by atoms with Crippen LogP contribution in [0.25, 0.3) is 0 Å². The van der Waals surface area contributed by atoms with Crippen LogP contribution in [-0.4, -0.2) is 69.2 Å². The van der Waals surface area contributed by atoms with Gasteiger partial charge in [-0.25, -0.2) is 9.78 Å². The van der Waals surface area contributed by atoms with Crippen LogP contribution in [0.3, 0.4) is 0 Å². The van der Waals surface area contributed by atoms with Gasteiger partial charge in [0.15, 0.2) is 0 Å². The first-order valence-corrected chi connectivity index (χ1v) is 9.77. The van der Waals surface area contributed by atoms with Gasteiger partial charge in [-0.05, 0) is 5.92 Å². The van der Waals surface area contributed by atoms with Gasteiger partial charge in [-0.1, -0.05) is 20.3 Å². The zero-order chi connectivity index (χ0) is 22.0. The largest absolute Gasteiger partial charge is 0.480 e. The van der Waals surface area contributed by atoms with Crippen molar-refractivity contribution in [2.24, 2.45) is 11.7 Å². The molecule has 1 rings (SSSR count). The number of nitrogens with two attached hydrogens (primary N) is 1. The molecule has 4 unspecified atom stereocenters. The van der Waals surface area contributed by atoms with Crippen LogP contribution in [0.1, 0.15) is 26.0 Å². The second-order valence-electron chi connectivity index (χ2n) is 6.56. The number of aliphatic carboxylic acids is 1. The van der Waals surface area contributed by atoms with Crippen molar-refractivity contribution in [3.8, 4) is 0 Å². The number of nitrogens with one attached hydrogen (secondary N) is 4. The van der Waals surface area contributed by atoms with Gasteiger partial charge in [-0.3, -0.25) is 14.4 Å². The van der Waals surface area contributed by atoms with E-state index in [2.05, 4.69) is 38.5 Å². The fourth-order valence-corrected chi connectivity index (χ4v) is 2.74. The number of aromatic nitrogens is 2. The molecule has 0 bridgehead atoms. The fourth-order valence-electron chi connectivity index (χ4n) is 2.48. The van der Waals surface area contributed by atoms with Crippen molar-refractivity contribution >= 4 is 36.3 Å². The molecule has 0 radical (unpaired) electrons. The van der Waals surface area contributed by atoms with E-state index >= 15 is 0 Å². The zero-order valence-electron chi connectivity index (χ0n) is 16.3. The number of hydrogen-bond acceptors (Lipinski definition) is 7. The van der Waals surface area contributed by atoms with E-state index in [4.69, 9.17) is 5.73 Å². The van der Waals surface area contributed by atoms with Crippen LogP contribution in [0.4, 0.5) is 0 Å². The normalized spacial score (nSPS) is 14.9. The molecule has 29 heavy (non-hydrogen) atoms. The third kappa shape index (κ3) is 7.74. The van der Waals surface area contributed by atoms with Crippen molar-refractivity contribution in [2.45, 2.75) is 44.8 Å². The lowest BCUT2D eigenvalue weighted by Crippen LogP contribution is -2.58. The molecular formula is C17H28N6O5S. The minimum absolute atomic E-state index is 0.0635. The summed E-state index contributed by atoms with van der Waals surface area (Å²) in [5.41, 5.74) is 5.89. The van der Waals surface area contributed by atoms with Crippen molar-refractivity contribution < 1.29 is 24.3 Å². The van der Waals surface area contributed by atoms with E-state index in [0.29, 0.717) is 12.1 Å². The third-order valence-electron chi connectivity index (χ3n) is 4.41. The van der Waals surface area contributed by atoms with Crippen molar-refractivity contribution in [1.29, 1.82) is 0 Å². The number of rotatable bonds is 12. The molecule has 3 amide bonds. The van der Waals surface area contributed by atoms with Crippen LogP contribution in [-0.2, 0) is 25.6 Å². The van der Waals surface area contributed by atoms with Gasteiger partial charge >= 0.3 is 5.97 Å². The quantitative estimate of drug-likeness (QED) is 0.196. The number of carbonyl (C=O) groups excluding carboxylic acids is 3. The summed E-state index contributed by atoms with van der Waals surface area (Å²) in [4.78, 5) is 54.9. The molecule has 7 N–H and O–H groups in total. The molecule has 0 aromatic carbocycles. The fraction of sp³-hybridized carbons (Fsp3) is 0.588. The number of H-pyrrole nitrogens is 1. The maximum absolute atomic E-state index is 12.7. The first kappa shape index (κ1) is 24.4. The monoisotopic (exact) mass is 428 g/mol. The van der Waals surface area contributed by atoms with Crippen molar-refractivity contribution in [3.63, 3.8) is 0 Å². The van der Waals surface area contributed by atoms with Crippen molar-refractivity contribution in [3.05, 3.63) is 18.2 Å². The number of aromatic amines is 1. The molecule has 0 saturated carbocycles. The molecule has 0 aliphatic heterocycles. The first-order chi connectivity index (χ1) is 13.7. The number of hydrogen-bond donors (Lipinski definition) is 7. The summed E-state index contributed by atoms with van der Waals surface area (Å²) >= 11 is 4.08. The second-order valence-corrected chi connectivity index (χ2v) is 6.92. The van der Waals surface area contributed by atoms with Crippen LogP contribution in [0.2, 0.25) is 0 Å². The van der Waals surface area contributed by atoms with E-state index in [1.807, 2.05) is 6.92 Å². The Labute approximate surface area is 174 Å². The minimum Gasteiger partial charge on any atom is -0.480 e. The Kier molecular flexibility index (Phi) is 10.2. The van der Waals surface area contributed by atoms with Crippen molar-refractivity contribution in [1.82, 2.24) is 25.9 Å². The lowest BCUT2D eigenvalue weighted by Gasteiger charge is -2.25. The summed E-state index contributed by atoms with van der Waals surface area (Å²) in [6.07, 6.45) is 3.58. The lowest BCUT2D eigenvalue weighted by atomic mass is 9.99. The number of carboxylic acid groups (broad SMARTS) is 1. The topological polar surface area (TPSA) is 179 Å². The number of nitrogens with zero attached hydrogens (tertiary/aromatic N) is 1. The molecule has 4 atom stereocenters. The smallest absolute Gasteiger partial charge is 0.326 e. The van der Waals surface area contributed by atoms with Gasteiger partial charge in [0.05, 0.1) is 12.9 Å². The minimum atomic E-state index is -1.16. The number of thiol groups is 1. The average molecular weight is 429 g/mol. The van der Waals surface area contributed by atoms with Gasteiger partial charge in [-0.2, -0.15) is 12.6 Å². The number of carboxylic acids is 1. The van der Waals surface area contributed by atoms with Crippen LogP contribution in [0.15, 0.2) is 12.5 Å². The highest BCUT2D eigenvalue weighted by atomic mass is 32.1. The Morgan fingerprint density at radius 3 is 2.34 bits per heavy atom. The molecule has 0 aliphatic rings. The predicted octanol–water partition coefficient (Wildman–Crippen LogP) is -1.57. The molecular weight excluding hydrogens is 400 g/mol. The standard InChI is InChI=1S/C17H28N6O5S/c1-3-9(2)14(17(27)28)23-16(26)12(7-29)22-15(25)11(21-13(24)5-18)4-10-6-19-8-20-10/h6,8-9,11-12,14,29H,3-5,7,18H2,1-2H3,(H,19,20)(H,21,24)(H,22,25)(H,23,26)(H,27,28).